The summed E-state index contributed by atoms with van der Waals surface area (Å²) in [6.07, 6.45) is 1.02. The fourth-order valence-corrected chi connectivity index (χ4v) is 2.61. The Morgan fingerprint density at radius 3 is 2.42 bits per heavy atom. The van der Waals surface area contributed by atoms with Crippen molar-refractivity contribution in [3.05, 3.63) is 59.7 Å². The van der Waals surface area contributed by atoms with Gasteiger partial charge in [-0.25, -0.2) is 13.2 Å². The summed E-state index contributed by atoms with van der Waals surface area (Å²) in [6, 6.07) is 13.8. The first-order valence-corrected chi connectivity index (χ1v) is 9.18. The van der Waals surface area contributed by atoms with Crippen LogP contribution < -0.4 is 9.46 Å². The van der Waals surface area contributed by atoms with Crippen molar-refractivity contribution in [3.63, 3.8) is 0 Å². The van der Waals surface area contributed by atoms with Gasteiger partial charge in [0.15, 0.2) is 0 Å². The van der Waals surface area contributed by atoms with Gasteiger partial charge in [0.2, 0.25) is 10.0 Å². The first-order chi connectivity index (χ1) is 11.4. The molecule has 0 spiro atoms. The zero-order chi connectivity index (χ0) is 17.6. The molecule has 0 fully saturated rings. The van der Waals surface area contributed by atoms with Gasteiger partial charge in [-0.05, 0) is 30.7 Å². The van der Waals surface area contributed by atoms with Crippen molar-refractivity contribution in [2.75, 3.05) is 24.2 Å². The van der Waals surface area contributed by atoms with Crippen LogP contribution in [0.3, 0.4) is 0 Å². The van der Waals surface area contributed by atoms with Crippen LogP contribution in [0.15, 0.2) is 48.5 Å². The van der Waals surface area contributed by atoms with Crippen LogP contribution >= 0.6 is 0 Å². The van der Waals surface area contributed by atoms with E-state index in [9.17, 15) is 13.2 Å². The number of sulfonamides is 1. The number of hydrogen-bond donors (Lipinski definition) is 1. The number of esters is 1. The Morgan fingerprint density at radius 2 is 1.71 bits per heavy atom. The van der Waals surface area contributed by atoms with E-state index >= 15 is 0 Å². The van der Waals surface area contributed by atoms with Gasteiger partial charge >= 0.3 is 5.97 Å². The number of carbonyl (C=O) groups is 1. The number of anilines is 1. The quantitative estimate of drug-likeness (QED) is 0.614. The van der Waals surface area contributed by atoms with Gasteiger partial charge in [-0.3, -0.25) is 4.72 Å². The topological polar surface area (TPSA) is 81.7 Å². The minimum Gasteiger partial charge on any atom is -0.490 e. The highest BCUT2D eigenvalue weighted by Gasteiger charge is 2.14. The SMILES string of the molecule is Cc1ccccc1OCCOC(=O)c1ccccc1NS(C)(=O)=O. The molecule has 0 atom stereocenters. The van der Waals surface area contributed by atoms with Crippen LogP contribution in [-0.2, 0) is 14.8 Å². The van der Waals surface area contributed by atoms with Crippen LogP contribution in [0.25, 0.3) is 0 Å². The number of para-hydroxylation sites is 2. The van der Waals surface area contributed by atoms with Crippen molar-refractivity contribution < 1.29 is 22.7 Å². The molecule has 128 valence electrons. The molecule has 24 heavy (non-hydrogen) atoms. The lowest BCUT2D eigenvalue weighted by molar-refractivity contribution is 0.0451. The molecule has 0 aromatic heterocycles. The molecule has 2 rings (SSSR count). The molecule has 0 amide bonds. The number of carbonyl (C=O) groups excluding carboxylic acids is 1. The Hall–Kier alpha value is -2.54. The second-order valence-corrected chi connectivity index (χ2v) is 6.92. The Bertz CT molecular complexity index is 817. The van der Waals surface area contributed by atoms with Gasteiger partial charge in [0.05, 0.1) is 17.5 Å². The minimum absolute atomic E-state index is 0.0559. The van der Waals surface area contributed by atoms with Crippen LogP contribution in [0.1, 0.15) is 15.9 Å². The van der Waals surface area contributed by atoms with E-state index in [2.05, 4.69) is 4.72 Å². The molecule has 0 aliphatic rings. The Balaban J connectivity index is 1.92. The smallest absolute Gasteiger partial charge is 0.340 e. The number of aryl methyl sites for hydroxylation is 1. The van der Waals surface area contributed by atoms with Gasteiger partial charge in [-0.2, -0.15) is 0 Å². The molecule has 2 aromatic rings. The molecule has 0 radical (unpaired) electrons. The predicted molar refractivity (Wildman–Crippen MR) is 91.9 cm³/mol. The number of hydrogen-bond acceptors (Lipinski definition) is 5. The molecule has 0 aliphatic carbocycles. The normalized spacial score (nSPS) is 10.9. The Kier molecular flexibility index (Phi) is 5.81. The molecule has 0 unspecified atom stereocenters. The molecule has 0 saturated carbocycles. The monoisotopic (exact) mass is 349 g/mol. The van der Waals surface area contributed by atoms with Gasteiger partial charge in [0.25, 0.3) is 0 Å². The highest BCUT2D eigenvalue weighted by molar-refractivity contribution is 7.92. The van der Waals surface area contributed by atoms with Crippen molar-refractivity contribution in [2.45, 2.75) is 6.92 Å². The van der Waals surface area contributed by atoms with E-state index in [0.29, 0.717) is 0 Å². The van der Waals surface area contributed by atoms with E-state index in [1.807, 2.05) is 31.2 Å². The Morgan fingerprint density at radius 1 is 1.04 bits per heavy atom. The molecule has 7 heteroatoms. The van der Waals surface area contributed by atoms with Gasteiger partial charge in [0.1, 0.15) is 19.0 Å². The summed E-state index contributed by atoms with van der Waals surface area (Å²) < 4.78 is 35.7. The van der Waals surface area contributed by atoms with Crippen LogP contribution in [-0.4, -0.2) is 33.9 Å². The third-order valence-electron chi connectivity index (χ3n) is 3.11. The van der Waals surface area contributed by atoms with Crippen molar-refractivity contribution in [3.8, 4) is 5.75 Å². The summed E-state index contributed by atoms with van der Waals surface area (Å²) in [6.45, 7) is 2.19. The molecular weight excluding hydrogens is 330 g/mol. The third-order valence-corrected chi connectivity index (χ3v) is 3.70. The van der Waals surface area contributed by atoms with Crippen molar-refractivity contribution >= 4 is 21.7 Å². The fraction of sp³-hybridized carbons (Fsp3) is 0.235. The number of benzene rings is 2. The molecule has 0 aliphatic heterocycles. The highest BCUT2D eigenvalue weighted by atomic mass is 32.2. The van der Waals surface area contributed by atoms with Crippen LogP contribution in [0.4, 0.5) is 5.69 Å². The maximum absolute atomic E-state index is 12.1. The number of rotatable bonds is 7. The lowest BCUT2D eigenvalue weighted by Gasteiger charge is -2.11. The predicted octanol–water partition coefficient (Wildman–Crippen LogP) is 2.60. The summed E-state index contributed by atoms with van der Waals surface area (Å²) in [5, 5.41) is 0. The minimum atomic E-state index is -3.48. The molecule has 6 nitrogen and oxygen atoms in total. The van der Waals surface area contributed by atoms with Crippen molar-refractivity contribution in [1.82, 2.24) is 0 Å². The highest BCUT2D eigenvalue weighted by Crippen LogP contribution is 2.18. The van der Waals surface area contributed by atoms with Crippen LogP contribution in [0.2, 0.25) is 0 Å². The van der Waals surface area contributed by atoms with E-state index in [0.717, 1.165) is 17.6 Å². The summed E-state index contributed by atoms with van der Waals surface area (Å²) in [7, 11) is -3.48. The standard InChI is InChI=1S/C17H19NO5S/c1-13-7-3-6-10-16(13)22-11-12-23-17(19)14-8-4-5-9-15(14)18-24(2,20)21/h3-10,18H,11-12H2,1-2H3. The van der Waals surface area contributed by atoms with E-state index in [-0.39, 0.29) is 24.5 Å². The average molecular weight is 349 g/mol. The molecule has 1 N–H and O–H groups in total. The first-order valence-electron chi connectivity index (χ1n) is 7.29. The molecule has 0 saturated heterocycles. The summed E-state index contributed by atoms with van der Waals surface area (Å²) in [5.74, 6) is 0.114. The number of nitrogens with one attached hydrogen (secondary N) is 1. The maximum atomic E-state index is 12.1. The van der Waals surface area contributed by atoms with E-state index < -0.39 is 16.0 Å². The largest absolute Gasteiger partial charge is 0.490 e. The first kappa shape index (κ1) is 17.8. The fourth-order valence-electron chi connectivity index (χ4n) is 2.03. The maximum Gasteiger partial charge on any atom is 0.340 e. The second-order valence-electron chi connectivity index (χ2n) is 5.17. The zero-order valence-corrected chi connectivity index (χ0v) is 14.3. The summed E-state index contributed by atoms with van der Waals surface area (Å²) in [4.78, 5) is 12.1. The van der Waals surface area contributed by atoms with Crippen LogP contribution in [0, 0.1) is 6.92 Å². The average Bonchev–Trinajstić information content (AvgIpc) is 2.52. The number of ether oxygens (including phenoxy) is 2. The van der Waals surface area contributed by atoms with E-state index in [4.69, 9.17) is 9.47 Å². The zero-order valence-electron chi connectivity index (χ0n) is 13.5. The van der Waals surface area contributed by atoms with Crippen LogP contribution in [0.5, 0.6) is 5.75 Å². The lowest BCUT2D eigenvalue weighted by atomic mass is 10.2. The summed E-state index contributed by atoms with van der Waals surface area (Å²) in [5.41, 5.74) is 1.33. The van der Waals surface area contributed by atoms with E-state index in [1.54, 1.807) is 12.1 Å². The van der Waals surface area contributed by atoms with Gasteiger partial charge in [0, 0.05) is 0 Å². The van der Waals surface area contributed by atoms with Crippen molar-refractivity contribution in [2.24, 2.45) is 0 Å². The second kappa shape index (κ2) is 7.83. The van der Waals surface area contributed by atoms with E-state index in [1.165, 1.54) is 12.1 Å². The Labute approximate surface area is 141 Å². The van der Waals surface area contributed by atoms with Gasteiger partial charge < -0.3 is 9.47 Å². The molecule has 2 aromatic carbocycles. The molecular formula is C17H19NO5S. The van der Waals surface area contributed by atoms with Gasteiger partial charge in [-0.15, -0.1) is 0 Å². The molecule has 0 bridgehead atoms. The van der Waals surface area contributed by atoms with Crippen molar-refractivity contribution in [1.29, 1.82) is 0 Å². The lowest BCUT2D eigenvalue weighted by Crippen LogP contribution is -2.16. The molecule has 0 heterocycles. The van der Waals surface area contributed by atoms with Gasteiger partial charge in [-0.1, -0.05) is 30.3 Å². The third kappa shape index (κ3) is 5.27. The summed E-state index contributed by atoms with van der Waals surface area (Å²) >= 11 is 0.